The molecule has 1 aliphatic carbocycles. The largest absolute Gasteiger partial charge is 0.352 e. The topological polar surface area (TPSA) is 69.7 Å². The monoisotopic (exact) mass is 337 g/mol. The quantitative estimate of drug-likeness (QED) is 0.799. The predicted molar refractivity (Wildman–Crippen MR) is 92.2 cm³/mol. The number of likely N-dealkylation sites (N-methyl/N-ethyl adjacent to an activating group) is 1. The summed E-state index contributed by atoms with van der Waals surface area (Å²) in [5, 5.41) is 2.82. The summed E-state index contributed by atoms with van der Waals surface area (Å²) in [5.41, 5.74) is 0. The number of carbonyl (C=O) groups excluding carboxylic acids is 3. The van der Waals surface area contributed by atoms with Crippen molar-refractivity contribution in [2.45, 2.75) is 71.4 Å². The summed E-state index contributed by atoms with van der Waals surface area (Å²) in [6.45, 7) is 6.88. The molecule has 0 radical (unpaired) electrons. The molecule has 1 saturated carbocycles. The van der Waals surface area contributed by atoms with Gasteiger partial charge in [-0.1, -0.05) is 12.8 Å². The van der Waals surface area contributed by atoms with Crippen molar-refractivity contribution >= 4 is 17.7 Å². The van der Waals surface area contributed by atoms with Crippen LogP contribution in [0.15, 0.2) is 0 Å². The van der Waals surface area contributed by atoms with Crippen LogP contribution in [0.4, 0.5) is 0 Å². The Balaban J connectivity index is 1.99. The van der Waals surface area contributed by atoms with Gasteiger partial charge in [-0.3, -0.25) is 14.4 Å². The fourth-order valence-corrected chi connectivity index (χ4v) is 3.79. The minimum absolute atomic E-state index is 0.0539. The maximum Gasteiger partial charge on any atom is 0.245 e. The van der Waals surface area contributed by atoms with Crippen LogP contribution >= 0.6 is 0 Å². The van der Waals surface area contributed by atoms with E-state index in [0.717, 1.165) is 32.1 Å². The van der Waals surface area contributed by atoms with Crippen molar-refractivity contribution in [3.05, 3.63) is 0 Å². The van der Waals surface area contributed by atoms with Gasteiger partial charge in [-0.05, 0) is 46.5 Å². The Morgan fingerprint density at radius 1 is 1.12 bits per heavy atom. The van der Waals surface area contributed by atoms with E-state index < -0.39 is 0 Å². The molecule has 0 aromatic heterocycles. The maximum atomic E-state index is 12.9. The van der Waals surface area contributed by atoms with Crippen molar-refractivity contribution in [1.82, 2.24) is 15.1 Å². The summed E-state index contributed by atoms with van der Waals surface area (Å²) >= 11 is 0. The molecule has 2 rings (SSSR count). The van der Waals surface area contributed by atoms with Crippen LogP contribution in [-0.2, 0) is 14.4 Å². The molecule has 0 spiro atoms. The van der Waals surface area contributed by atoms with Gasteiger partial charge in [-0.15, -0.1) is 0 Å². The number of likely N-dealkylation sites (tertiary alicyclic amines) is 1. The molecule has 136 valence electrons. The van der Waals surface area contributed by atoms with Crippen LogP contribution in [0.2, 0.25) is 0 Å². The van der Waals surface area contributed by atoms with Gasteiger partial charge in [0.15, 0.2) is 0 Å². The molecule has 1 N–H and O–H groups in total. The summed E-state index contributed by atoms with van der Waals surface area (Å²) in [6, 6.07) is -0.330. The van der Waals surface area contributed by atoms with Gasteiger partial charge in [0.2, 0.25) is 17.7 Å². The van der Waals surface area contributed by atoms with Crippen molar-refractivity contribution in [3.8, 4) is 0 Å². The third-order valence-corrected chi connectivity index (χ3v) is 5.00. The Morgan fingerprint density at radius 3 is 2.38 bits per heavy atom. The summed E-state index contributed by atoms with van der Waals surface area (Å²) < 4.78 is 0. The smallest absolute Gasteiger partial charge is 0.245 e. The first-order valence-corrected chi connectivity index (χ1v) is 9.32. The van der Waals surface area contributed by atoms with E-state index in [1.54, 1.807) is 9.80 Å². The Kier molecular flexibility index (Phi) is 6.63. The third kappa shape index (κ3) is 4.48. The number of hydrogen-bond acceptors (Lipinski definition) is 3. The normalized spacial score (nSPS) is 21.3. The standard InChI is InChI=1S/C18H31N3O3/c1-4-20(12-16(22)19-13(2)3)18(24)15-10-7-11-21(15)17(23)14-8-5-6-9-14/h13-15H,4-12H2,1-3H3,(H,19,22)/t15-/m1/s1. The first kappa shape index (κ1) is 18.7. The molecule has 0 unspecified atom stereocenters. The Bertz CT molecular complexity index is 472. The van der Waals surface area contributed by atoms with Crippen molar-refractivity contribution < 1.29 is 14.4 Å². The number of rotatable bonds is 6. The second-order valence-electron chi connectivity index (χ2n) is 7.25. The zero-order chi connectivity index (χ0) is 17.7. The summed E-state index contributed by atoms with van der Waals surface area (Å²) in [6.07, 6.45) is 5.69. The van der Waals surface area contributed by atoms with Gasteiger partial charge >= 0.3 is 0 Å². The molecule has 1 heterocycles. The second kappa shape index (κ2) is 8.49. The zero-order valence-electron chi connectivity index (χ0n) is 15.2. The van der Waals surface area contributed by atoms with Crippen molar-refractivity contribution in [2.75, 3.05) is 19.6 Å². The van der Waals surface area contributed by atoms with E-state index in [0.29, 0.717) is 19.5 Å². The molecule has 0 aromatic rings. The lowest BCUT2D eigenvalue weighted by molar-refractivity contribution is -0.147. The fraction of sp³-hybridized carbons (Fsp3) is 0.833. The first-order valence-electron chi connectivity index (χ1n) is 9.32. The van der Waals surface area contributed by atoms with Crippen molar-refractivity contribution in [3.63, 3.8) is 0 Å². The Labute approximate surface area is 144 Å². The van der Waals surface area contributed by atoms with Gasteiger partial charge in [0.25, 0.3) is 0 Å². The highest BCUT2D eigenvalue weighted by Crippen LogP contribution is 2.30. The lowest BCUT2D eigenvalue weighted by Gasteiger charge is -2.31. The summed E-state index contributed by atoms with van der Waals surface area (Å²) in [4.78, 5) is 40.9. The van der Waals surface area contributed by atoms with Crippen LogP contribution in [0.1, 0.15) is 59.3 Å². The fourth-order valence-electron chi connectivity index (χ4n) is 3.79. The minimum Gasteiger partial charge on any atom is -0.352 e. The number of carbonyl (C=O) groups is 3. The molecule has 3 amide bonds. The average Bonchev–Trinajstić information content (AvgIpc) is 3.21. The number of nitrogens with zero attached hydrogens (tertiary/aromatic N) is 2. The summed E-state index contributed by atoms with van der Waals surface area (Å²) in [7, 11) is 0. The zero-order valence-corrected chi connectivity index (χ0v) is 15.2. The van der Waals surface area contributed by atoms with E-state index in [-0.39, 0.29) is 42.3 Å². The van der Waals surface area contributed by atoms with Gasteiger partial charge in [0.05, 0.1) is 6.54 Å². The maximum absolute atomic E-state index is 12.9. The van der Waals surface area contributed by atoms with Gasteiger partial charge in [-0.2, -0.15) is 0 Å². The Hall–Kier alpha value is -1.59. The van der Waals surface area contributed by atoms with Gasteiger partial charge in [-0.25, -0.2) is 0 Å². The predicted octanol–water partition coefficient (Wildman–Crippen LogP) is 1.54. The van der Waals surface area contributed by atoms with E-state index in [2.05, 4.69) is 5.32 Å². The van der Waals surface area contributed by atoms with Gasteiger partial charge in [0.1, 0.15) is 6.04 Å². The van der Waals surface area contributed by atoms with Crippen LogP contribution < -0.4 is 5.32 Å². The van der Waals surface area contributed by atoms with Crippen LogP contribution in [0.3, 0.4) is 0 Å². The molecule has 1 atom stereocenters. The van der Waals surface area contributed by atoms with E-state index in [9.17, 15) is 14.4 Å². The number of hydrogen-bond donors (Lipinski definition) is 1. The second-order valence-corrected chi connectivity index (χ2v) is 7.25. The van der Waals surface area contributed by atoms with Gasteiger partial charge in [0, 0.05) is 25.0 Å². The lowest BCUT2D eigenvalue weighted by Crippen LogP contribution is -2.51. The molecule has 2 aliphatic rings. The number of amides is 3. The van der Waals surface area contributed by atoms with Crippen LogP contribution in [0.5, 0.6) is 0 Å². The molecule has 6 nitrogen and oxygen atoms in total. The molecule has 1 aliphatic heterocycles. The van der Waals surface area contributed by atoms with E-state index in [4.69, 9.17) is 0 Å². The molecule has 6 heteroatoms. The third-order valence-electron chi connectivity index (χ3n) is 5.00. The van der Waals surface area contributed by atoms with Crippen molar-refractivity contribution in [1.29, 1.82) is 0 Å². The highest BCUT2D eigenvalue weighted by molar-refractivity contribution is 5.91. The molecule has 2 fully saturated rings. The highest BCUT2D eigenvalue weighted by Gasteiger charge is 2.39. The Morgan fingerprint density at radius 2 is 1.79 bits per heavy atom. The lowest BCUT2D eigenvalue weighted by atomic mass is 10.1. The van der Waals surface area contributed by atoms with E-state index >= 15 is 0 Å². The molecular weight excluding hydrogens is 306 g/mol. The highest BCUT2D eigenvalue weighted by atomic mass is 16.2. The SMILES string of the molecule is CCN(CC(=O)NC(C)C)C(=O)[C@H]1CCCN1C(=O)C1CCCC1. The van der Waals surface area contributed by atoms with Crippen molar-refractivity contribution in [2.24, 2.45) is 5.92 Å². The minimum atomic E-state index is -0.384. The van der Waals surface area contributed by atoms with E-state index in [1.165, 1.54) is 0 Å². The molecular formula is C18H31N3O3. The first-order chi connectivity index (χ1) is 11.4. The molecule has 24 heavy (non-hydrogen) atoms. The van der Waals surface area contributed by atoms with E-state index in [1.807, 2.05) is 20.8 Å². The van der Waals surface area contributed by atoms with Crippen LogP contribution in [0.25, 0.3) is 0 Å². The molecule has 1 saturated heterocycles. The number of nitrogens with one attached hydrogen (secondary N) is 1. The van der Waals surface area contributed by atoms with Gasteiger partial charge < -0.3 is 15.1 Å². The van der Waals surface area contributed by atoms with Crippen LogP contribution in [0, 0.1) is 5.92 Å². The summed E-state index contributed by atoms with van der Waals surface area (Å²) in [5.74, 6) is 0.0101. The average molecular weight is 337 g/mol. The molecule has 0 aromatic carbocycles. The van der Waals surface area contributed by atoms with Crippen LogP contribution in [-0.4, -0.2) is 59.2 Å². The molecule has 0 bridgehead atoms.